The Kier molecular flexibility index (Phi) is 15.6. The summed E-state index contributed by atoms with van der Waals surface area (Å²) in [5.41, 5.74) is 1.86. The summed E-state index contributed by atoms with van der Waals surface area (Å²) in [4.78, 5) is 14.6. The number of hydrogen-bond acceptors (Lipinski definition) is 12. The maximum Gasteiger partial charge on any atom is 0.472 e. The maximum atomic E-state index is 14.4. The van der Waals surface area contributed by atoms with Gasteiger partial charge in [0.2, 0.25) is 5.60 Å². The first-order valence-electron chi connectivity index (χ1n) is 20.1. The van der Waals surface area contributed by atoms with Gasteiger partial charge in [0, 0.05) is 6.07 Å². The van der Waals surface area contributed by atoms with Gasteiger partial charge in [-0.25, -0.2) is 18.5 Å². The lowest BCUT2D eigenvalue weighted by atomic mass is 10.0. The molecule has 3 aromatic rings. The number of nitrogens with two attached hydrogens (primary N) is 1. The van der Waals surface area contributed by atoms with E-state index in [1.807, 2.05) is 0 Å². The van der Waals surface area contributed by atoms with E-state index >= 15 is 0 Å². The first-order valence-corrected chi connectivity index (χ1v) is 21.6. The number of aliphatic hydroxyl groups excluding tert-OH is 1. The Morgan fingerprint density at radius 2 is 1.59 bits per heavy atom. The highest BCUT2D eigenvalue weighted by Crippen LogP contribution is 2.68. The number of benzene rings is 1. The second kappa shape index (κ2) is 20.2. The van der Waals surface area contributed by atoms with Crippen LogP contribution in [0.25, 0.3) is 5.52 Å². The number of anilines is 1. The summed E-state index contributed by atoms with van der Waals surface area (Å²) in [6.07, 6.45) is 16.7. The molecule has 2 unspecified atom stereocenters. The Hall–Kier alpha value is -3.66. The van der Waals surface area contributed by atoms with Crippen molar-refractivity contribution < 1.29 is 42.6 Å². The molecular formula is C40H56FN6O8P. The van der Waals surface area contributed by atoms with Crippen LogP contribution in [-0.4, -0.2) is 65.8 Å². The topological polar surface area (TPSA) is 218 Å². The smallest absolute Gasteiger partial charge is 0.472 e. The van der Waals surface area contributed by atoms with Crippen LogP contribution in [0, 0.1) is 28.5 Å². The van der Waals surface area contributed by atoms with Gasteiger partial charge in [0.1, 0.15) is 53.9 Å². The van der Waals surface area contributed by atoms with E-state index in [-0.39, 0.29) is 22.8 Å². The lowest BCUT2D eigenvalue weighted by molar-refractivity contribution is -0.0756. The third-order valence-corrected chi connectivity index (χ3v) is 11.9. The minimum Gasteiger partial charge on any atom is -0.488 e. The highest BCUT2D eigenvalue weighted by Gasteiger charge is 2.90. The van der Waals surface area contributed by atoms with Crippen LogP contribution in [0.15, 0.2) is 36.7 Å². The van der Waals surface area contributed by atoms with Crippen LogP contribution >= 0.6 is 7.82 Å². The van der Waals surface area contributed by atoms with Crippen LogP contribution in [0.4, 0.5) is 10.2 Å². The van der Waals surface area contributed by atoms with Crippen LogP contribution in [0.3, 0.4) is 0 Å². The second-order valence-corrected chi connectivity index (χ2v) is 16.5. The van der Waals surface area contributed by atoms with Crippen molar-refractivity contribution in [3.63, 3.8) is 0 Å². The maximum absolute atomic E-state index is 14.4. The quantitative estimate of drug-likeness (QED) is 0.0451. The Morgan fingerprint density at radius 1 is 0.982 bits per heavy atom. The molecule has 0 spiro atoms. The van der Waals surface area contributed by atoms with Gasteiger partial charge >= 0.3 is 7.82 Å². The van der Waals surface area contributed by atoms with E-state index in [4.69, 9.17) is 29.5 Å². The van der Waals surface area contributed by atoms with Crippen LogP contribution in [0.2, 0.25) is 0 Å². The van der Waals surface area contributed by atoms with E-state index in [0.717, 1.165) is 31.7 Å². The van der Waals surface area contributed by atoms with Crippen LogP contribution in [-0.2, 0) is 18.3 Å². The zero-order chi connectivity index (χ0) is 40.2. The van der Waals surface area contributed by atoms with Gasteiger partial charge in [0.15, 0.2) is 17.5 Å². The van der Waals surface area contributed by atoms with Gasteiger partial charge in [-0.05, 0) is 37.1 Å². The zero-order valence-electron chi connectivity index (χ0n) is 32.2. The van der Waals surface area contributed by atoms with Gasteiger partial charge in [-0.2, -0.15) is 15.6 Å². The molecule has 1 aliphatic heterocycles. The van der Waals surface area contributed by atoms with Gasteiger partial charge in [-0.3, -0.25) is 9.05 Å². The Morgan fingerprint density at radius 3 is 2.14 bits per heavy atom. The molecule has 1 aromatic carbocycles. The molecule has 306 valence electrons. The molecule has 1 saturated heterocycles. The van der Waals surface area contributed by atoms with E-state index in [1.165, 1.54) is 100 Å². The summed E-state index contributed by atoms with van der Waals surface area (Å²) >= 11 is 0. The fourth-order valence-electron chi connectivity index (χ4n) is 7.65. The number of fused-ring (bicyclic) bond motifs is 2. The lowest BCUT2D eigenvalue weighted by Gasteiger charge is -2.24. The molecular weight excluding hydrogens is 742 g/mol. The van der Waals surface area contributed by atoms with Crippen molar-refractivity contribution in [1.82, 2.24) is 14.6 Å². The molecule has 7 atom stereocenters. The number of phosphoric ester groups is 1. The summed E-state index contributed by atoms with van der Waals surface area (Å²) < 4.78 is 51.3. The molecule has 56 heavy (non-hydrogen) atoms. The average molecular weight is 799 g/mol. The fourth-order valence-corrected chi connectivity index (χ4v) is 8.65. The van der Waals surface area contributed by atoms with Crippen molar-refractivity contribution in [1.29, 1.82) is 10.5 Å². The third kappa shape index (κ3) is 10.3. The highest BCUT2D eigenvalue weighted by atomic mass is 31.2. The second-order valence-electron chi connectivity index (χ2n) is 15.0. The van der Waals surface area contributed by atoms with Crippen molar-refractivity contribution in [2.45, 2.75) is 158 Å². The summed E-state index contributed by atoms with van der Waals surface area (Å²) in [7, 11) is -4.99. The molecule has 0 radical (unpaired) electrons. The van der Waals surface area contributed by atoms with Crippen molar-refractivity contribution in [3.05, 3.63) is 53.7 Å². The summed E-state index contributed by atoms with van der Waals surface area (Å²) in [5.74, 6) is -0.499. The monoisotopic (exact) mass is 798 g/mol. The van der Waals surface area contributed by atoms with E-state index in [1.54, 1.807) is 24.3 Å². The molecule has 3 heterocycles. The number of nitrogens with zero attached hydrogens (tertiary/aromatic N) is 5. The average Bonchev–Trinajstić information content (AvgIpc) is 3.41. The first kappa shape index (κ1) is 43.5. The summed E-state index contributed by atoms with van der Waals surface area (Å²) in [6.45, 7) is 1.79. The summed E-state index contributed by atoms with van der Waals surface area (Å²) in [6, 6.07) is 10.5. The normalized spacial score (nSPS) is 24.3. The first-order chi connectivity index (χ1) is 27.0. The standard InChI is InChI=1S/C40H56FN6O8P/c1-2-3-4-5-6-7-8-9-10-11-12-13-14-15-16-17-18-19-31(53-30-21-20-29(25-42)32(41)24-30)26-52-56(50,51)55-38-39(27-43)40(38,49)36(48)35(54-39)33-22-23-34-37(44)45-28-46-47(33)34/h20-24,28,31,35-36,38,48-49H,2-19,26H2,1H3,(H,50,51)(H2,44,45,46)/t31-,35+,36+,38?,39-,40-/m1/s1. The predicted molar refractivity (Wildman–Crippen MR) is 205 cm³/mol. The number of nitrogen functional groups attached to an aromatic ring is 1. The van der Waals surface area contributed by atoms with E-state index in [2.05, 4.69) is 17.0 Å². The SMILES string of the molecule is CCCCCCCCCCCCCCCCCCC[C@H](COP(=O)(O)OC1[C@@]2(C#N)O[C@@H](c3ccc4c(N)ncnn34)[C@H](O)[C@@]12O)Oc1ccc(C#N)c(F)c1. The number of aromatic nitrogens is 3. The molecule has 1 aliphatic carbocycles. The number of ether oxygens (including phenoxy) is 2. The molecule has 5 N–H and O–H groups in total. The molecule has 2 fully saturated rings. The molecule has 5 rings (SSSR count). The Bertz CT molecular complexity index is 1870. The molecule has 14 nitrogen and oxygen atoms in total. The van der Waals surface area contributed by atoms with Gasteiger partial charge < -0.3 is 30.3 Å². The van der Waals surface area contributed by atoms with E-state index in [9.17, 15) is 29.3 Å². The highest BCUT2D eigenvalue weighted by molar-refractivity contribution is 7.47. The predicted octanol–water partition coefficient (Wildman–Crippen LogP) is 7.75. The zero-order valence-corrected chi connectivity index (χ0v) is 33.1. The molecule has 16 heteroatoms. The third-order valence-electron chi connectivity index (χ3n) is 11.0. The van der Waals surface area contributed by atoms with Gasteiger partial charge in [-0.15, -0.1) is 0 Å². The fraction of sp³-hybridized carbons (Fsp3) is 0.650. The number of halogens is 1. The largest absolute Gasteiger partial charge is 0.488 e. The molecule has 0 amide bonds. The molecule has 0 bridgehead atoms. The number of unbranched alkanes of at least 4 members (excludes halogenated alkanes) is 16. The summed E-state index contributed by atoms with van der Waals surface area (Å²) in [5, 5.41) is 45.8. The minimum atomic E-state index is -4.99. The van der Waals surface area contributed by atoms with Crippen molar-refractivity contribution in [2.24, 2.45) is 0 Å². The number of nitriles is 2. The van der Waals surface area contributed by atoms with Crippen molar-refractivity contribution in [3.8, 4) is 17.9 Å². The molecule has 1 saturated carbocycles. The lowest BCUT2D eigenvalue weighted by Crippen LogP contribution is -2.35. The minimum absolute atomic E-state index is 0.109. The number of rotatable bonds is 26. The molecule has 2 aromatic heterocycles. The van der Waals surface area contributed by atoms with E-state index in [0.29, 0.717) is 18.4 Å². The van der Waals surface area contributed by atoms with Crippen LogP contribution in [0.1, 0.15) is 140 Å². The van der Waals surface area contributed by atoms with Crippen molar-refractivity contribution >= 4 is 19.2 Å². The number of aliphatic hydroxyl groups is 2. The van der Waals surface area contributed by atoms with Gasteiger partial charge in [0.25, 0.3) is 0 Å². The number of phosphoric acid groups is 1. The van der Waals surface area contributed by atoms with Crippen molar-refractivity contribution in [2.75, 3.05) is 12.3 Å². The molecule has 2 aliphatic rings. The van der Waals surface area contributed by atoms with Gasteiger partial charge in [0.05, 0.1) is 17.9 Å². The van der Waals surface area contributed by atoms with E-state index < -0.39 is 55.9 Å². The van der Waals surface area contributed by atoms with Crippen LogP contribution < -0.4 is 10.5 Å². The Labute approximate surface area is 328 Å². The Balaban J connectivity index is 1.07. The van der Waals surface area contributed by atoms with Crippen LogP contribution in [0.5, 0.6) is 5.75 Å². The number of hydrogen-bond donors (Lipinski definition) is 4. The van der Waals surface area contributed by atoms with Gasteiger partial charge in [-0.1, -0.05) is 110 Å².